The number of hydrogen-bond donors (Lipinski definition) is 1. The largest absolute Gasteiger partial charge is 0.334 e. The fourth-order valence-electron chi connectivity index (χ4n) is 2.96. The Hall–Kier alpha value is -1.13. The van der Waals surface area contributed by atoms with Crippen LogP contribution in [0.3, 0.4) is 0 Å². The number of rotatable bonds is 3. The Kier molecular flexibility index (Phi) is 5.22. The molecule has 116 valence electrons. The topological polar surface area (TPSA) is 46.3 Å². The van der Waals surface area contributed by atoms with Crippen LogP contribution in [0.2, 0.25) is 5.02 Å². The summed E-state index contributed by atoms with van der Waals surface area (Å²) in [6.45, 7) is 4.73. The summed E-state index contributed by atoms with van der Waals surface area (Å²) in [4.78, 5) is 14.2. The van der Waals surface area contributed by atoms with Crippen LogP contribution in [0.1, 0.15) is 44.7 Å². The van der Waals surface area contributed by atoms with Gasteiger partial charge in [0.05, 0.1) is 6.04 Å². The van der Waals surface area contributed by atoms with E-state index in [0.717, 1.165) is 12.8 Å². The van der Waals surface area contributed by atoms with E-state index in [2.05, 4.69) is 13.8 Å². The summed E-state index contributed by atoms with van der Waals surface area (Å²) in [5.41, 5.74) is 6.96. The fourth-order valence-corrected chi connectivity index (χ4v) is 3.19. The molecule has 0 aliphatic carbocycles. The molecule has 2 N–H and O–H groups in total. The minimum Gasteiger partial charge on any atom is -0.334 e. The first-order chi connectivity index (χ1) is 9.88. The van der Waals surface area contributed by atoms with E-state index in [1.165, 1.54) is 12.1 Å². The average molecular weight is 313 g/mol. The van der Waals surface area contributed by atoms with Crippen molar-refractivity contribution in [1.82, 2.24) is 4.90 Å². The molecule has 5 heteroatoms. The third-order valence-electron chi connectivity index (χ3n) is 3.78. The zero-order valence-electron chi connectivity index (χ0n) is 12.5. The van der Waals surface area contributed by atoms with Gasteiger partial charge in [0.2, 0.25) is 5.91 Å². The zero-order chi connectivity index (χ0) is 15.6. The van der Waals surface area contributed by atoms with Gasteiger partial charge in [-0.25, -0.2) is 4.39 Å². The van der Waals surface area contributed by atoms with Gasteiger partial charge in [0.25, 0.3) is 0 Å². The Bertz CT molecular complexity index is 501. The van der Waals surface area contributed by atoms with Gasteiger partial charge < -0.3 is 10.6 Å². The van der Waals surface area contributed by atoms with Crippen LogP contribution >= 0.6 is 11.6 Å². The minimum absolute atomic E-state index is 0.0852. The van der Waals surface area contributed by atoms with E-state index in [1.54, 1.807) is 11.0 Å². The lowest BCUT2D eigenvalue weighted by Gasteiger charge is -2.35. The van der Waals surface area contributed by atoms with Crippen LogP contribution in [0.15, 0.2) is 18.2 Å². The van der Waals surface area contributed by atoms with Gasteiger partial charge in [0.15, 0.2) is 0 Å². The predicted molar refractivity (Wildman–Crippen MR) is 82.5 cm³/mol. The van der Waals surface area contributed by atoms with E-state index in [0.29, 0.717) is 29.5 Å². The normalized spacial score (nSPS) is 23.5. The highest BCUT2D eigenvalue weighted by Crippen LogP contribution is 2.32. The standard InChI is InChI=1S/C16H22ClFN2O/c1-10(2)9-20-15(21)5-3-4-14(19)16(20)11-6-12(17)8-13(18)7-11/h6-8,10,14,16H,3-5,9,19H2,1-2H3. The van der Waals surface area contributed by atoms with Crippen LogP contribution in [-0.4, -0.2) is 23.4 Å². The molecule has 2 rings (SSSR count). The molecule has 0 aromatic heterocycles. The molecule has 1 aromatic carbocycles. The van der Waals surface area contributed by atoms with Gasteiger partial charge in [-0.15, -0.1) is 0 Å². The number of hydrogen-bond acceptors (Lipinski definition) is 2. The van der Waals surface area contributed by atoms with E-state index in [1.807, 2.05) is 0 Å². The number of benzene rings is 1. The summed E-state index contributed by atoms with van der Waals surface area (Å²) < 4.78 is 13.7. The van der Waals surface area contributed by atoms with Crippen molar-refractivity contribution in [2.24, 2.45) is 11.7 Å². The Balaban J connectivity index is 2.43. The van der Waals surface area contributed by atoms with Crippen molar-refractivity contribution in [2.45, 2.75) is 45.2 Å². The maximum atomic E-state index is 13.7. The molecular formula is C16H22ClFN2O. The van der Waals surface area contributed by atoms with Crippen LogP contribution in [-0.2, 0) is 4.79 Å². The van der Waals surface area contributed by atoms with Crippen molar-refractivity contribution in [3.05, 3.63) is 34.6 Å². The Morgan fingerprint density at radius 3 is 2.76 bits per heavy atom. The molecule has 1 aromatic rings. The summed E-state index contributed by atoms with van der Waals surface area (Å²) >= 11 is 5.96. The minimum atomic E-state index is -0.397. The second-order valence-electron chi connectivity index (χ2n) is 6.14. The molecule has 0 radical (unpaired) electrons. The van der Waals surface area contributed by atoms with Gasteiger partial charge in [-0.1, -0.05) is 25.4 Å². The van der Waals surface area contributed by atoms with Crippen molar-refractivity contribution in [3.8, 4) is 0 Å². The summed E-state index contributed by atoms with van der Waals surface area (Å²) in [6, 6.07) is 3.90. The monoisotopic (exact) mass is 312 g/mol. The first kappa shape index (κ1) is 16.2. The van der Waals surface area contributed by atoms with Crippen LogP contribution < -0.4 is 5.73 Å². The van der Waals surface area contributed by atoms with Crippen LogP contribution in [0.5, 0.6) is 0 Å². The van der Waals surface area contributed by atoms with Gasteiger partial charge >= 0.3 is 0 Å². The predicted octanol–water partition coefficient (Wildman–Crippen LogP) is 3.52. The Labute approximate surface area is 130 Å². The SMILES string of the molecule is CC(C)CN1C(=O)CCCC(N)C1c1cc(F)cc(Cl)c1. The molecule has 0 saturated carbocycles. The number of likely N-dealkylation sites (tertiary alicyclic amines) is 1. The van der Waals surface area contributed by atoms with Crippen molar-refractivity contribution in [3.63, 3.8) is 0 Å². The third kappa shape index (κ3) is 3.95. The lowest BCUT2D eigenvalue weighted by Crippen LogP contribution is -2.43. The first-order valence-corrected chi connectivity index (χ1v) is 7.77. The molecular weight excluding hydrogens is 291 g/mol. The molecule has 1 saturated heterocycles. The van der Waals surface area contributed by atoms with E-state index < -0.39 is 5.82 Å². The fraction of sp³-hybridized carbons (Fsp3) is 0.562. The number of nitrogens with zero attached hydrogens (tertiary/aromatic N) is 1. The molecule has 1 aliphatic heterocycles. The third-order valence-corrected chi connectivity index (χ3v) is 4.00. The van der Waals surface area contributed by atoms with Gasteiger partial charge in [-0.05, 0) is 42.5 Å². The Morgan fingerprint density at radius 1 is 1.43 bits per heavy atom. The summed E-state index contributed by atoms with van der Waals surface area (Å²) in [5.74, 6) is 0.0127. The number of nitrogens with two attached hydrogens (primary N) is 1. The van der Waals surface area contributed by atoms with E-state index in [9.17, 15) is 9.18 Å². The molecule has 1 amide bonds. The van der Waals surface area contributed by atoms with E-state index in [4.69, 9.17) is 17.3 Å². The number of carbonyl (C=O) groups excluding carboxylic acids is 1. The average Bonchev–Trinajstić information content (AvgIpc) is 2.48. The quantitative estimate of drug-likeness (QED) is 0.928. The summed E-state index contributed by atoms with van der Waals surface area (Å²) in [6.07, 6.45) is 2.02. The molecule has 3 nitrogen and oxygen atoms in total. The summed E-state index contributed by atoms with van der Waals surface area (Å²) in [7, 11) is 0. The maximum absolute atomic E-state index is 13.7. The van der Waals surface area contributed by atoms with Gasteiger partial charge in [0.1, 0.15) is 5.82 Å². The van der Waals surface area contributed by atoms with Crippen molar-refractivity contribution >= 4 is 17.5 Å². The molecule has 1 fully saturated rings. The highest BCUT2D eigenvalue weighted by Gasteiger charge is 2.33. The highest BCUT2D eigenvalue weighted by molar-refractivity contribution is 6.30. The van der Waals surface area contributed by atoms with E-state index in [-0.39, 0.29) is 18.0 Å². The first-order valence-electron chi connectivity index (χ1n) is 7.39. The molecule has 1 aliphatic rings. The lowest BCUT2D eigenvalue weighted by molar-refractivity contribution is -0.133. The van der Waals surface area contributed by atoms with Crippen LogP contribution in [0.25, 0.3) is 0 Å². The molecule has 1 heterocycles. The van der Waals surface area contributed by atoms with Crippen LogP contribution in [0.4, 0.5) is 4.39 Å². The van der Waals surface area contributed by atoms with Gasteiger partial charge in [0, 0.05) is 24.0 Å². The second-order valence-corrected chi connectivity index (χ2v) is 6.58. The number of amides is 1. The second kappa shape index (κ2) is 6.75. The van der Waals surface area contributed by atoms with Crippen molar-refractivity contribution in [1.29, 1.82) is 0 Å². The summed E-state index contributed by atoms with van der Waals surface area (Å²) in [5, 5.41) is 0.332. The number of carbonyl (C=O) groups is 1. The smallest absolute Gasteiger partial charge is 0.223 e. The molecule has 2 unspecified atom stereocenters. The van der Waals surface area contributed by atoms with Crippen molar-refractivity contribution < 1.29 is 9.18 Å². The number of halogens is 2. The molecule has 21 heavy (non-hydrogen) atoms. The Morgan fingerprint density at radius 2 is 2.14 bits per heavy atom. The van der Waals surface area contributed by atoms with Crippen molar-refractivity contribution in [2.75, 3.05) is 6.54 Å². The highest BCUT2D eigenvalue weighted by atomic mass is 35.5. The molecule has 0 bridgehead atoms. The van der Waals surface area contributed by atoms with E-state index >= 15 is 0 Å². The zero-order valence-corrected chi connectivity index (χ0v) is 13.2. The van der Waals surface area contributed by atoms with Gasteiger partial charge in [-0.2, -0.15) is 0 Å². The van der Waals surface area contributed by atoms with Crippen LogP contribution in [0, 0.1) is 11.7 Å². The molecule has 0 spiro atoms. The lowest BCUT2D eigenvalue weighted by atomic mass is 9.95. The maximum Gasteiger partial charge on any atom is 0.223 e. The molecule has 2 atom stereocenters. The van der Waals surface area contributed by atoms with Gasteiger partial charge in [-0.3, -0.25) is 4.79 Å².